The van der Waals surface area contributed by atoms with Crippen LogP contribution < -0.4 is 10.1 Å². The first-order chi connectivity index (χ1) is 12.5. The Balaban J connectivity index is 1.51. The van der Waals surface area contributed by atoms with E-state index < -0.39 is 6.10 Å². The summed E-state index contributed by atoms with van der Waals surface area (Å²) in [6.45, 7) is 7.09. The van der Waals surface area contributed by atoms with E-state index in [9.17, 15) is 4.79 Å². The third-order valence-corrected chi connectivity index (χ3v) is 5.46. The Hall–Kier alpha value is -1.63. The third-order valence-electron chi connectivity index (χ3n) is 4.40. The van der Waals surface area contributed by atoms with E-state index in [4.69, 9.17) is 16.3 Å². The smallest absolute Gasteiger partial charge is 0.266 e. The van der Waals surface area contributed by atoms with Gasteiger partial charge in [0, 0.05) is 23.5 Å². The number of halogens is 1. The molecule has 1 aromatic carbocycles. The quantitative estimate of drug-likeness (QED) is 0.788. The number of carbonyl (C=O) groups is 1. The monoisotopic (exact) mass is 393 g/mol. The van der Waals surface area contributed by atoms with Crippen LogP contribution in [0.4, 0.5) is 5.13 Å². The molecule has 0 spiro atoms. The van der Waals surface area contributed by atoms with E-state index in [1.54, 1.807) is 31.2 Å². The van der Waals surface area contributed by atoms with Gasteiger partial charge in [-0.05, 0) is 56.5 Å². The van der Waals surface area contributed by atoms with Crippen molar-refractivity contribution in [3.63, 3.8) is 0 Å². The number of hydrogen-bond acceptors (Lipinski definition) is 5. The number of amides is 1. The Morgan fingerprint density at radius 3 is 2.96 bits per heavy atom. The Labute approximate surface area is 163 Å². The topological polar surface area (TPSA) is 54.5 Å². The molecule has 5 nitrogen and oxygen atoms in total. The molecule has 1 aromatic heterocycles. The largest absolute Gasteiger partial charge is 0.481 e. The van der Waals surface area contributed by atoms with E-state index in [-0.39, 0.29) is 5.91 Å². The number of hydrogen-bond donors (Lipinski definition) is 1. The van der Waals surface area contributed by atoms with Gasteiger partial charge in [-0.15, -0.1) is 11.3 Å². The van der Waals surface area contributed by atoms with Crippen LogP contribution in [0.15, 0.2) is 29.6 Å². The summed E-state index contributed by atoms with van der Waals surface area (Å²) in [7, 11) is 0. The highest BCUT2D eigenvalue weighted by Crippen LogP contribution is 2.22. The summed E-state index contributed by atoms with van der Waals surface area (Å²) in [6, 6.07) is 6.95. The number of piperidine rings is 1. The number of carbonyl (C=O) groups excluding carboxylic acids is 1. The molecular formula is C19H24ClN3O2S. The minimum atomic E-state index is -0.619. The van der Waals surface area contributed by atoms with Gasteiger partial charge in [-0.1, -0.05) is 18.5 Å². The fourth-order valence-electron chi connectivity index (χ4n) is 3.07. The van der Waals surface area contributed by atoms with Crippen LogP contribution in [0.3, 0.4) is 0 Å². The van der Waals surface area contributed by atoms with Gasteiger partial charge in [0.15, 0.2) is 11.2 Å². The second-order valence-electron chi connectivity index (χ2n) is 6.83. The lowest BCUT2D eigenvalue weighted by Crippen LogP contribution is -2.33. The first-order valence-corrected chi connectivity index (χ1v) is 10.1. The second-order valence-corrected chi connectivity index (χ2v) is 8.12. The number of nitrogens with zero attached hydrogens (tertiary/aromatic N) is 2. The summed E-state index contributed by atoms with van der Waals surface area (Å²) in [5.74, 6) is 1.14. The molecule has 1 fully saturated rings. The lowest BCUT2D eigenvalue weighted by molar-refractivity contribution is -0.122. The normalized spacial score (nSPS) is 19.1. The number of likely N-dealkylation sites (tertiary alicyclic amines) is 1. The van der Waals surface area contributed by atoms with E-state index in [0.717, 1.165) is 31.2 Å². The van der Waals surface area contributed by atoms with Crippen molar-refractivity contribution in [2.75, 3.05) is 18.4 Å². The molecule has 1 saturated heterocycles. The average molecular weight is 394 g/mol. The first-order valence-electron chi connectivity index (χ1n) is 8.89. The van der Waals surface area contributed by atoms with Crippen LogP contribution in [-0.4, -0.2) is 35.0 Å². The molecule has 2 atom stereocenters. The van der Waals surface area contributed by atoms with Crippen molar-refractivity contribution in [3.05, 3.63) is 40.4 Å². The van der Waals surface area contributed by atoms with Crippen LogP contribution in [0.5, 0.6) is 5.75 Å². The lowest BCUT2D eigenvalue weighted by atomic mass is 10.0. The molecule has 3 rings (SSSR count). The van der Waals surface area contributed by atoms with Crippen molar-refractivity contribution in [2.24, 2.45) is 5.92 Å². The van der Waals surface area contributed by atoms with Gasteiger partial charge in [0.1, 0.15) is 5.75 Å². The van der Waals surface area contributed by atoms with E-state index in [0.29, 0.717) is 15.9 Å². The fourth-order valence-corrected chi connectivity index (χ4v) is 3.90. The molecule has 1 N–H and O–H groups in total. The molecule has 0 bridgehead atoms. The Morgan fingerprint density at radius 1 is 1.46 bits per heavy atom. The second kappa shape index (κ2) is 8.84. The standard InChI is InChI=1S/C19H24ClN3O2S/c1-13-4-3-9-23(10-13)11-16-12-26-19(21-16)22-18(24)14(2)25-17-7-5-15(20)6-8-17/h5-8,12-14H,3-4,9-11H2,1-2H3,(H,21,22,24)/t13-,14+/m1/s1. The van der Waals surface area contributed by atoms with Crippen LogP contribution in [0.25, 0.3) is 0 Å². The molecule has 140 valence electrons. The molecule has 0 unspecified atom stereocenters. The maximum Gasteiger partial charge on any atom is 0.266 e. The summed E-state index contributed by atoms with van der Waals surface area (Å²) in [5, 5.41) is 6.10. The zero-order valence-corrected chi connectivity index (χ0v) is 16.6. The number of benzene rings is 1. The van der Waals surface area contributed by atoms with Crippen molar-refractivity contribution in [1.29, 1.82) is 0 Å². The predicted molar refractivity (Wildman–Crippen MR) is 106 cm³/mol. The molecule has 1 aliphatic rings. The van der Waals surface area contributed by atoms with Gasteiger partial charge in [-0.25, -0.2) is 4.98 Å². The summed E-state index contributed by atoms with van der Waals surface area (Å²) in [4.78, 5) is 19.3. The molecule has 0 radical (unpaired) electrons. The maximum atomic E-state index is 12.3. The van der Waals surface area contributed by atoms with Crippen LogP contribution in [0, 0.1) is 5.92 Å². The lowest BCUT2D eigenvalue weighted by Gasteiger charge is -2.30. The highest BCUT2D eigenvalue weighted by Gasteiger charge is 2.19. The molecule has 1 amide bonds. The predicted octanol–water partition coefficient (Wildman–Crippen LogP) is 4.43. The Kier molecular flexibility index (Phi) is 6.51. The maximum absolute atomic E-state index is 12.3. The van der Waals surface area contributed by atoms with E-state index in [1.807, 2.05) is 5.38 Å². The number of anilines is 1. The first kappa shape index (κ1) is 19.1. The number of nitrogens with one attached hydrogen (secondary N) is 1. The van der Waals surface area contributed by atoms with Crippen molar-refractivity contribution in [3.8, 4) is 5.75 Å². The van der Waals surface area contributed by atoms with Gasteiger partial charge >= 0.3 is 0 Å². The van der Waals surface area contributed by atoms with Gasteiger partial charge in [-0.3, -0.25) is 15.0 Å². The molecule has 2 aromatic rings. The molecule has 0 aliphatic carbocycles. The summed E-state index contributed by atoms with van der Waals surface area (Å²) >= 11 is 7.30. The van der Waals surface area contributed by atoms with Crippen molar-refractivity contribution in [1.82, 2.24) is 9.88 Å². The molecule has 0 saturated carbocycles. The third kappa shape index (κ3) is 5.43. The van der Waals surface area contributed by atoms with Gasteiger partial charge in [0.2, 0.25) is 0 Å². The molecule has 1 aliphatic heterocycles. The van der Waals surface area contributed by atoms with Crippen molar-refractivity contribution in [2.45, 2.75) is 39.3 Å². The Bertz CT molecular complexity index is 735. The highest BCUT2D eigenvalue weighted by molar-refractivity contribution is 7.13. The van der Waals surface area contributed by atoms with Gasteiger partial charge < -0.3 is 4.74 Å². The van der Waals surface area contributed by atoms with Gasteiger partial charge in [0.25, 0.3) is 5.91 Å². The number of thiazole rings is 1. The zero-order valence-electron chi connectivity index (χ0n) is 15.1. The molecule has 7 heteroatoms. The van der Waals surface area contributed by atoms with E-state index in [1.165, 1.54) is 24.2 Å². The number of ether oxygens (including phenoxy) is 1. The molecule has 2 heterocycles. The zero-order chi connectivity index (χ0) is 18.5. The minimum Gasteiger partial charge on any atom is -0.481 e. The average Bonchev–Trinajstić information content (AvgIpc) is 3.03. The fraction of sp³-hybridized carbons (Fsp3) is 0.474. The minimum absolute atomic E-state index is 0.215. The van der Waals surface area contributed by atoms with Crippen molar-refractivity contribution < 1.29 is 9.53 Å². The summed E-state index contributed by atoms with van der Waals surface area (Å²) in [5.41, 5.74) is 1.01. The number of aromatic nitrogens is 1. The number of rotatable bonds is 6. The Morgan fingerprint density at radius 2 is 2.23 bits per heavy atom. The van der Waals surface area contributed by atoms with Gasteiger partial charge in [0.05, 0.1) is 5.69 Å². The van der Waals surface area contributed by atoms with Crippen molar-refractivity contribution >= 4 is 34.0 Å². The van der Waals surface area contributed by atoms with Crippen LogP contribution in [0.1, 0.15) is 32.4 Å². The summed E-state index contributed by atoms with van der Waals surface area (Å²) < 4.78 is 5.64. The highest BCUT2D eigenvalue weighted by atomic mass is 35.5. The molecule has 26 heavy (non-hydrogen) atoms. The van der Waals surface area contributed by atoms with Crippen LogP contribution >= 0.6 is 22.9 Å². The SMILES string of the molecule is C[C@@H]1CCCN(Cc2csc(NC(=O)[C@H](C)Oc3ccc(Cl)cc3)n2)C1. The van der Waals surface area contributed by atoms with Crippen LogP contribution in [-0.2, 0) is 11.3 Å². The van der Waals surface area contributed by atoms with Gasteiger partial charge in [-0.2, -0.15) is 0 Å². The summed E-state index contributed by atoms with van der Waals surface area (Å²) in [6.07, 6.45) is 1.93. The van der Waals surface area contributed by atoms with E-state index in [2.05, 4.69) is 22.1 Å². The van der Waals surface area contributed by atoms with E-state index >= 15 is 0 Å². The molecular weight excluding hydrogens is 370 g/mol. The van der Waals surface area contributed by atoms with Crippen LogP contribution in [0.2, 0.25) is 5.02 Å².